The molecule has 5 nitrogen and oxygen atoms in total. The van der Waals surface area contributed by atoms with Crippen LogP contribution in [-0.2, 0) is 14.8 Å². The third-order valence-electron chi connectivity index (χ3n) is 3.36. The minimum Gasteiger partial charge on any atom is -0.360 e. The minimum absolute atomic E-state index is 0.112. The normalized spacial score (nSPS) is 12.0. The molecule has 0 saturated carbocycles. The highest BCUT2D eigenvalue weighted by Crippen LogP contribution is 2.22. The number of para-hydroxylation sites is 1. The summed E-state index contributed by atoms with van der Waals surface area (Å²) in [5.41, 5.74) is 2.84. The summed E-state index contributed by atoms with van der Waals surface area (Å²) in [6, 6.07) is 8.80. The second-order valence-electron chi connectivity index (χ2n) is 4.98. The van der Waals surface area contributed by atoms with Gasteiger partial charge in [0.1, 0.15) is 4.21 Å². The number of carbonyl (C=O) groups is 1. The van der Waals surface area contributed by atoms with Crippen LogP contribution < -0.4 is 4.72 Å². The van der Waals surface area contributed by atoms with Gasteiger partial charge in [-0.25, -0.2) is 13.1 Å². The third-order valence-corrected chi connectivity index (χ3v) is 6.11. The lowest BCUT2D eigenvalue weighted by Gasteiger charge is -2.02. The van der Waals surface area contributed by atoms with Gasteiger partial charge in [-0.15, -0.1) is 11.3 Å². The maximum absolute atomic E-state index is 12.0. The zero-order valence-electron chi connectivity index (χ0n) is 12.2. The Balaban J connectivity index is 1.81. The van der Waals surface area contributed by atoms with E-state index in [2.05, 4.69) is 4.98 Å². The molecule has 0 aliphatic carbocycles. The Hall–Kier alpha value is -2.38. The largest absolute Gasteiger partial charge is 0.360 e. The van der Waals surface area contributed by atoms with Crippen LogP contribution in [0.1, 0.15) is 11.1 Å². The molecule has 118 valence electrons. The summed E-state index contributed by atoms with van der Waals surface area (Å²) >= 11 is 1.06. The van der Waals surface area contributed by atoms with Crippen LogP contribution in [0.5, 0.6) is 0 Å². The number of fused-ring (bicyclic) bond motifs is 1. The molecule has 2 heterocycles. The Labute approximate surface area is 137 Å². The van der Waals surface area contributed by atoms with E-state index in [-0.39, 0.29) is 4.21 Å². The number of aromatic nitrogens is 1. The molecule has 7 heteroatoms. The molecule has 0 aliphatic rings. The Morgan fingerprint density at radius 3 is 2.83 bits per heavy atom. The first-order chi connectivity index (χ1) is 11.0. The van der Waals surface area contributed by atoms with Crippen molar-refractivity contribution >= 4 is 44.2 Å². The van der Waals surface area contributed by atoms with Crippen molar-refractivity contribution in [2.45, 2.75) is 11.1 Å². The summed E-state index contributed by atoms with van der Waals surface area (Å²) in [7, 11) is -3.80. The van der Waals surface area contributed by atoms with E-state index < -0.39 is 15.9 Å². The predicted molar refractivity (Wildman–Crippen MR) is 91.7 cm³/mol. The summed E-state index contributed by atoms with van der Waals surface area (Å²) < 4.78 is 26.1. The van der Waals surface area contributed by atoms with Crippen LogP contribution in [0.2, 0.25) is 0 Å². The van der Waals surface area contributed by atoms with Gasteiger partial charge in [-0.3, -0.25) is 4.79 Å². The van der Waals surface area contributed by atoms with Crippen molar-refractivity contribution in [2.24, 2.45) is 0 Å². The summed E-state index contributed by atoms with van der Waals surface area (Å²) in [5.74, 6) is -0.682. The number of aromatic amines is 1. The van der Waals surface area contributed by atoms with Crippen molar-refractivity contribution < 1.29 is 13.2 Å². The van der Waals surface area contributed by atoms with Crippen LogP contribution in [0.25, 0.3) is 17.0 Å². The van der Waals surface area contributed by atoms with E-state index in [0.717, 1.165) is 33.4 Å². The number of carbonyl (C=O) groups excluding carboxylic acids is 1. The third kappa shape index (κ3) is 3.20. The van der Waals surface area contributed by atoms with Gasteiger partial charge in [0.2, 0.25) is 0 Å². The van der Waals surface area contributed by atoms with Gasteiger partial charge in [-0.1, -0.05) is 24.3 Å². The lowest BCUT2D eigenvalue weighted by molar-refractivity contribution is -0.114. The molecular weight excluding hydrogens is 332 g/mol. The van der Waals surface area contributed by atoms with Gasteiger partial charge in [0.15, 0.2) is 0 Å². The van der Waals surface area contributed by atoms with Crippen LogP contribution in [0, 0.1) is 6.92 Å². The number of amides is 1. The summed E-state index contributed by atoms with van der Waals surface area (Å²) in [4.78, 5) is 15.0. The first kappa shape index (κ1) is 15.5. The van der Waals surface area contributed by atoms with Crippen LogP contribution in [0.15, 0.2) is 52.2 Å². The van der Waals surface area contributed by atoms with Gasteiger partial charge in [0.05, 0.1) is 5.52 Å². The number of hydrogen-bond acceptors (Lipinski definition) is 4. The van der Waals surface area contributed by atoms with Crippen LogP contribution in [-0.4, -0.2) is 19.3 Å². The van der Waals surface area contributed by atoms with Crippen molar-refractivity contribution in [1.82, 2.24) is 9.71 Å². The topological polar surface area (TPSA) is 79.0 Å². The molecule has 0 unspecified atom stereocenters. The highest BCUT2D eigenvalue weighted by atomic mass is 32.2. The molecular formula is C16H14N2O3S2. The standard InChI is InChI=1S/C16H14N2O3S2/c1-11-10-17-16-12(4-2-5-13(11)16)7-8-14(19)18-23(20,21)15-6-3-9-22-15/h2-10,17H,1H3,(H,18,19). The number of benzene rings is 1. The monoisotopic (exact) mass is 346 g/mol. The lowest BCUT2D eigenvalue weighted by atomic mass is 10.1. The van der Waals surface area contributed by atoms with Gasteiger partial charge in [0, 0.05) is 17.7 Å². The number of H-pyrrole nitrogens is 1. The Kier molecular flexibility index (Phi) is 4.06. The highest BCUT2D eigenvalue weighted by Gasteiger charge is 2.16. The van der Waals surface area contributed by atoms with E-state index >= 15 is 0 Å². The van der Waals surface area contributed by atoms with Crippen molar-refractivity contribution in [3.8, 4) is 0 Å². The van der Waals surface area contributed by atoms with Crippen LogP contribution in [0.3, 0.4) is 0 Å². The summed E-state index contributed by atoms with van der Waals surface area (Å²) in [6.45, 7) is 1.99. The van der Waals surface area contributed by atoms with Gasteiger partial charge >= 0.3 is 0 Å². The maximum Gasteiger partial charge on any atom is 0.273 e. The molecule has 3 rings (SSSR count). The second kappa shape index (κ2) is 6.02. The number of sulfonamides is 1. The molecule has 0 saturated heterocycles. The highest BCUT2D eigenvalue weighted by molar-refractivity contribution is 7.92. The molecule has 0 atom stereocenters. The zero-order chi connectivity index (χ0) is 16.4. The molecule has 3 aromatic rings. The summed E-state index contributed by atoms with van der Waals surface area (Å²) in [5, 5.41) is 2.71. The maximum atomic E-state index is 12.0. The fraction of sp³-hybridized carbons (Fsp3) is 0.0625. The first-order valence-electron chi connectivity index (χ1n) is 6.82. The Morgan fingerprint density at radius 2 is 2.09 bits per heavy atom. The average Bonchev–Trinajstić information content (AvgIpc) is 3.16. The van der Waals surface area contributed by atoms with Crippen LogP contribution in [0.4, 0.5) is 0 Å². The van der Waals surface area contributed by atoms with Crippen molar-refractivity contribution in [3.05, 3.63) is 59.1 Å². The molecule has 0 fully saturated rings. The van der Waals surface area contributed by atoms with E-state index in [1.807, 2.05) is 36.0 Å². The van der Waals surface area contributed by atoms with Gasteiger partial charge in [-0.05, 0) is 35.6 Å². The molecule has 2 aromatic heterocycles. The predicted octanol–water partition coefficient (Wildman–Crippen LogP) is 3.06. The lowest BCUT2D eigenvalue weighted by Crippen LogP contribution is -2.28. The van der Waals surface area contributed by atoms with Gasteiger partial charge in [0.25, 0.3) is 15.9 Å². The number of rotatable bonds is 4. The van der Waals surface area contributed by atoms with E-state index in [1.54, 1.807) is 17.5 Å². The number of nitrogens with one attached hydrogen (secondary N) is 2. The molecule has 0 aliphatic heterocycles. The number of hydrogen-bond donors (Lipinski definition) is 2. The summed E-state index contributed by atoms with van der Waals surface area (Å²) in [6.07, 6.45) is 4.71. The van der Waals surface area contributed by atoms with E-state index in [4.69, 9.17) is 0 Å². The quantitative estimate of drug-likeness (QED) is 0.713. The van der Waals surface area contributed by atoms with Crippen molar-refractivity contribution in [1.29, 1.82) is 0 Å². The zero-order valence-corrected chi connectivity index (χ0v) is 13.9. The van der Waals surface area contributed by atoms with Gasteiger partial charge < -0.3 is 4.98 Å². The first-order valence-corrected chi connectivity index (χ1v) is 9.19. The molecule has 1 amide bonds. The molecule has 23 heavy (non-hydrogen) atoms. The van der Waals surface area contributed by atoms with E-state index in [0.29, 0.717) is 0 Å². The molecule has 0 radical (unpaired) electrons. The molecule has 1 aromatic carbocycles. The van der Waals surface area contributed by atoms with E-state index in [1.165, 1.54) is 12.1 Å². The molecule has 0 spiro atoms. The smallest absolute Gasteiger partial charge is 0.273 e. The van der Waals surface area contributed by atoms with Crippen molar-refractivity contribution in [2.75, 3.05) is 0 Å². The van der Waals surface area contributed by atoms with Gasteiger partial charge in [-0.2, -0.15) is 0 Å². The fourth-order valence-electron chi connectivity index (χ4n) is 2.26. The van der Waals surface area contributed by atoms with Crippen molar-refractivity contribution in [3.63, 3.8) is 0 Å². The minimum atomic E-state index is -3.80. The molecule has 2 N–H and O–H groups in total. The SMILES string of the molecule is Cc1c[nH]c2c(C=CC(=O)NS(=O)(=O)c3cccs3)cccc12. The number of aryl methyl sites for hydroxylation is 1. The van der Waals surface area contributed by atoms with Crippen LogP contribution >= 0.6 is 11.3 Å². The number of thiophene rings is 1. The fourth-order valence-corrected chi connectivity index (χ4v) is 4.19. The van der Waals surface area contributed by atoms with E-state index in [9.17, 15) is 13.2 Å². The molecule has 0 bridgehead atoms. The average molecular weight is 346 g/mol. The Bertz CT molecular complexity index is 984. The Morgan fingerprint density at radius 1 is 1.26 bits per heavy atom. The second-order valence-corrected chi connectivity index (χ2v) is 7.83.